The number of rotatable bonds is 5. The van der Waals surface area contributed by atoms with Crippen LogP contribution in [0, 0.1) is 6.92 Å². The molecular weight excluding hydrogens is 367 g/mol. The first kappa shape index (κ1) is 21.1. The Labute approximate surface area is 180 Å². The summed E-state index contributed by atoms with van der Waals surface area (Å²) in [5.74, 6) is 0.563. The number of hydrogen-bond acceptors (Lipinski definition) is 0. The fraction of sp³-hybridized carbons (Fsp3) is 0.571. The van der Waals surface area contributed by atoms with E-state index in [2.05, 4.69) is 63.2 Å². The predicted octanol–water partition coefficient (Wildman–Crippen LogP) is 8.56. The second kappa shape index (κ2) is 9.78. The van der Waals surface area contributed by atoms with E-state index in [-0.39, 0.29) is 7.92 Å². The molecule has 2 aromatic carbocycles. The standard InChI is InChI=1S/C28H39P/c1-21(2)25-19-12-13-22(3)28(25)26-18-10-11-20-27(26)29(23-14-6-4-7-15-23)24-16-8-5-9-17-24/h10-13,18-21,23-24H,4-9,14-17H2,1-3H3. The molecule has 0 spiro atoms. The van der Waals surface area contributed by atoms with Crippen LogP contribution in [0.5, 0.6) is 0 Å². The van der Waals surface area contributed by atoms with Gasteiger partial charge in [0.25, 0.3) is 0 Å². The summed E-state index contributed by atoms with van der Waals surface area (Å²) >= 11 is 0. The topological polar surface area (TPSA) is 0 Å². The average Bonchev–Trinajstić information content (AvgIpc) is 2.76. The molecule has 0 radical (unpaired) electrons. The molecule has 0 aromatic heterocycles. The summed E-state index contributed by atoms with van der Waals surface area (Å²) in [6.45, 7) is 7.03. The second-order valence-electron chi connectivity index (χ2n) is 9.70. The highest BCUT2D eigenvalue weighted by Gasteiger charge is 2.34. The number of benzene rings is 2. The Kier molecular flexibility index (Phi) is 7.12. The lowest BCUT2D eigenvalue weighted by Gasteiger charge is -2.40. The van der Waals surface area contributed by atoms with Crippen molar-refractivity contribution in [2.24, 2.45) is 0 Å². The smallest absolute Gasteiger partial charge is 0.0101 e. The molecule has 0 aliphatic heterocycles. The van der Waals surface area contributed by atoms with Crippen molar-refractivity contribution >= 4 is 13.2 Å². The molecule has 0 nitrogen and oxygen atoms in total. The zero-order valence-electron chi connectivity index (χ0n) is 18.8. The lowest BCUT2D eigenvalue weighted by atomic mass is 9.89. The highest BCUT2D eigenvalue weighted by molar-refractivity contribution is 7.67. The van der Waals surface area contributed by atoms with E-state index in [9.17, 15) is 0 Å². The summed E-state index contributed by atoms with van der Waals surface area (Å²) in [6.07, 6.45) is 14.6. The first-order valence-corrected chi connectivity index (χ1v) is 13.6. The molecule has 0 atom stereocenters. The van der Waals surface area contributed by atoms with Crippen LogP contribution in [0.4, 0.5) is 0 Å². The van der Waals surface area contributed by atoms with Crippen LogP contribution in [0.1, 0.15) is 95.1 Å². The number of hydrogen-bond donors (Lipinski definition) is 0. The zero-order valence-corrected chi connectivity index (χ0v) is 19.7. The van der Waals surface area contributed by atoms with E-state index in [1.54, 1.807) is 10.9 Å². The first-order valence-electron chi connectivity index (χ1n) is 12.1. The van der Waals surface area contributed by atoms with Gasteiger partial charge in [-0.25, -0.2) is 0 Å². The third kappa shape index (κ3) is 4.64. The van der Waals surface area contributed by atoms with Gasteiger partial charge in [0.1, 0.15) is 0 Å². The molecule has 0 bridgehead atoms. The summed E-state index contributed by atoms with van der Waals surface area (Å²) in [5, 5.41) is 1.73. The van der Waals surface area contributed by atoms with Crippen LogP contribution in [0.2, 0.25) is 0 Å². The molecular formula is C28H39P. The minimum atomic E-state index is -0.0806. The van der Waals surface area contributed by atoms with E-state index in [0.29, 0.717) is 5.92 Å². The van der Waals surface area contributed by atoms with Gasteiger partial charge in [0.2, 0.25) is 0 Å². The molecule has 2 aliphatic rings. The molecule has 2 aliphatic carbocycles. The molecule has 29 heavy (non-hydrogen) atoms. The lowest BCUT2D eigenvalue weighted by Crippen LogP contribution is -2.27. The van der Waals surface area contributed by atoms with Gasteiger partial charge in [-0.15, -0.1) is 0 Å². The van der Waals surface area contributed by atoms with E-state index in [1.165, 1.54) is 80.9 Å². The molecule has 2 fully saturated rings. The molecule has 2 aromatic rings. The van der Waals surface area contributed by atoms with Gasteiger partial charge in [-0.1, -0.05) is 103 Å². The first-order chi connectivity index (χ1) is 14.2. The van der Waals surface area contributed by atoms with E-state index >= 15 is 0 Å². The van der Waals surface area contributed by atoms with Crippen LogP contribution in [0.3, 0.4) is 0 Å². The maximum atomic E-state index is 2.53. The fourth-order valence-electron chi connectivity index (χ4n) is 5.86. The molecule has 4 rings (SSSR count). The minimum absolute atomic E-state index is 0.0806. The molecule has 1 heteroatoms. The van der Waals surface area contributed by atoms with Crippen molar-refractivity contribution in [1.29, 1.82) is 0 Å². The molecule has 156 valence electrons. The fourth-order valence-corrected chi connectivity index (χ4v) is 9.81. The van der Waals surface area contributed by atoms with E-state index in [4.69, 9.17) is 0 Å². The van der Waals surface area contributed by atoms with Crippen LogP contribution in [0.15, 0.2) is 42.5 Å². The highest BCUT2D eigenvalue weighted by atomic mass is 31.1. The van der Waals surface area contributed by atoms with Crippen molar-refractivity contribution in [3.05, 3.63) is 53.6 Å². The summed E-state index contributed by atoms with van der Waals surface area (Å²) in [4.78, 5) is 0. The third-order valence-electron chi connectivity index (χ3n) is 7.31. The summed E-state index contributed by atoms with van der Waals surface area (Å²) in [5.41, 5.74) is 7.99. The Morgan fingerprint density at radius 1 is 0.724 bits per heavy atom. The quantitative estimate of drug-likeness (QED) is 0.436. The number of aryl methyl sites for hydroxylation is 1. The Morgan fingerprint density at radius 3 is 1.90 bits per heavy atom. The molecule has 2 saturated carbocycles. The van der Waals surface area contributed by atoms with Crippen LogP contribution in [-0.2, 0) is 0 Å². The Bertz CT molecular complexity index is 776. The highest BCUT2D eigenvalue weighted by Crippen LogP contribution is 2.56. The third-order valence-corrected chi connectivity index (χ3v) is 10.9. The van der Waals surface area contributed by atoms with Gasteiger partial charge < -0.3 is 0 Å². The lowest BCUT2D eigenvalue weighted by molar-refractivity contribution is 0.487. The molecule has 0 heterocycles. The van der Waals surface area contributed by atoms with Gasteiger partial charge in [-0.05, 0) is 77.4 Å². The van der Waals surface area contributed by atoms with Gasteiger partial charge in [0, 0.05) is 0 Å². The molecule has 0 N–H and O–H groups in total. The molecule has 0 saturated heterocycles. The van der Waals surface area contributed by atoms with Crippen LogP contribution < -0.4 is 5.30 Å². The van der Waals surface area contributed by atoms with Gasteiger partial charge in [0.15, 0.2) is 0 Å². The van der Waals surface area contributed by atoms with Crippen molar-refractivity contribution in [2.45, 2.75) is 102 Å². The van der Waals surface area contributed by atoms with Gasteiger partial charge in [0.05, 0.1) is 0 Å². The van der Waals surface area contributed by atoms with E-state index in [1.807, 2.05) is 0 Å². The maximum absolute atomic E-state index is 2.53. The summed E-state index contributed by atoms with van der Waals surface area (Å²) < 4.78 is 0. The van der Waals surface area contributed by atoms with Crippen molar-refractivity contribution in [3.63, 3.8) is 0 Å². The van der Waals surface area contributed by atoms with Crippen molar-refractivity contribution in [2.75, 3.05) is 0 Å². The van der Waals surface area contributed by atoms with E-state index in [0.717, 1.165) is 11.3 Å². The van der Waals surface area contributed by atoms with E-state index < -0.39 is 0 Å². The largest absolute Gasteiger partial charge is 0.0683 e. The Morgan fingerprint density at radius 2 is 1.31 bits per heavy atom. The van der Waals surface area contributed by atoms with Gasteiger partial charge in [-0.3, -0.25) is 0 Å². The van der Waals surface area contributed by atoms with Crippen LogP contribution in [-0.4, -0.2) is 11.3 Å². The van der Waals surface area contributed by atoms with Gasteiger partial charge >= 0.3 is 0 Å². The zero-order chi connectivity index (χ0) is 20.2. The minimum Gasteiger partial charge on any atom is -0.0683 e. The van der Waals surface area contributed by atoms with Crippen molar-refractivity contribution < 1.29 is 0 Å². The van der Waals surface area contributed by atoms with Crippen LogP contribution in [0.25, 0.3) is 11.1 Å². The SMILES string of the molecule is Cc1cccc(C(C)C)c1-c1ccccc1P(C1CCCCC1)C1CCCCC1. The summed E-state index contributed by atoms with van der Waals surface area (Å²) in [6, 6.07) is 16.5. The normalized spacial score (nSPS) is 19.2. The van der Waals surface area contributed by atoms with Crippen molar-refractivity contribution in [3.8, 4) is 11.1 Å². The molecule has 0 unspecified atom stereocenters. The Hall–Kier alpha value is -1.13. The maximum Gasteiger partial charge on any atom is -0.0101 e. The van der Waals surface area contributed by atoms with Gasteiger partial charge in [-0.2, -0.15) is 0 Å². The molecule has 0 amide bonds. The monoisotopic (exact) mass is 406 g/mol. The Balaban J connectivity index is 1.83. The van der Waals surface area contributed by atoms with Crippen molar-refractivity contribution in [1.82, 2.24) is 0 Å². The summed E-state index contributed by atoms with van der Waals surface area (Å²) in [7, 11) is -0.0806. The second-order valence-corrected chi connectivity index (χ2v) is 12.5. The average molecular weight is 407 g/mol. The predicted molar refractivity (Wildman–Crippen MR) is 131 cm³/mol. The van der Waals surface area contributed by atoms with Crippen LogP contribution >= 0.6 is 7.92 Å².